The van der Waals surface area contributed by atoms with Gasteiger partial charge in [0.25, 0.3) is 5.91 Å². The summed E-state index contributed by atoms with van der Waals surface area (Å²) in [6, 6.07) is -0.259. The molecule has 1 heterocycles. The Bertz CT molecular complexity index is 374. The molecule has 5 heteroatoms. The molecule has 2 rings (SSSR count). The fourth-order valence-electron chi connectivity index (χ4n) is 2.93. The molecule has 2 fully saturated rings. The normalized spacial score (nSPS) is 23.7. The van der Waals surface area contributed by atoms with Gasteiger partial charge in [-0.1, -0.05) is 44.3 Å². The molecule has 1 aliphatic heterocycles. The standard InChI is InChI=1S/C14H21ClN2O2/c15-10-6-7-11-17-12(18)14(16-13(17)19)8-4-2-1-3-5-9-14/h6-7H,1-5,8-11H2,(H,16,19). The average Bonchev–Trinajstić information content (AvgIpc) is 2.59. The number of hydrogen-bond donors (Lipinski definition) is 1. The van der Waals surface area contributed by atoms with Crippen molar-refractivity contribution in [1.82, 2.24) is 10.2 Å². The Morgan fingerprint density at radius 1 is 1.11 bits per heavy atom. The van der Waals surface area contributed by atoms with Crippen LogP contribution in [0.3, 0.4) is 0 Å². The van der Waals surface area contributed by atoms with Gasteiger partial charge < -0.3 is 5.32 Å². The SMILES string of the molecule is O=C1NC2(CCCCCCC2)C(=O)N1CC=CCCl. The molecule has 2 aliphatic rings. The van der Waals surface area contributed by atoms with Gasteiger partial charge in [0.1, 0.15) is 5.54 Å². The van der Waals surface area contributed by atoms with Gasteiger partial charge in [0.2, 0.25) is 0 Å². The Hall–Kier alpha value is -1.03. The fourth-order valence-corrected chi connectivity index (χ4v) is 3.06. The number of amides is 3. The van der Waals surface area contributed by atoms with Crippen molar-refractivity contribution in [2.24, 2.45) is 0 Å². The summed E-state index contributed by atoms with van der Waals surface area (Å²) in [6.45, 7) is 0.319. The highest BCUT2D eigenvalue weighted by Crippen LogP contribution is 2.31. The maximum Gasteiger partial charge on any atom is 0.325 e. The van der Waals surface area contributed by atoms with E-state index in [9.17, 15) is 9.59 Å². The van der Waals surface area contributed by atoms with Crippen molar-refractivity contribution in [2.45, 2.75) is 50.5 Å². The highest BCUT2D eigenvalue weighted by atomic mass is 35.5. The van der Waals surface area contributed by atoms with Crippen molar-refractivity contribution in [1.29, 1.82) is 0 Å². The van der Waals surface area contributed by atoms with Crippen molar-refractivity contribution >= 4 is 23.5 Å². The molecule has 1 saturated carbocycles. The van der Waals surface area contributed by atoms with E-state index in [-0.39, 0.29) is 11.9 Å². The maximum atomic E-state index is 12.5. The van der Waals surface area contributed by atoms with Crippen LogP contribution in [0.5, 0.6) is 0 Å². The van der Waals surface area contributed by atoms with Crippen LogP contribution in [-0.2, 0) is 4.79 Å². The second-order valence-electron chi connectivity index (χ2n) is 5.32. The van der Waals surface area contributed by atoms with Gasteiger partial charge in [-0.05, 0) is 12.8 Å². The zero-order valence-corrected chi connectivity index (χ0v) is 11.9. The summed E-state index contributed by atoms with van der Waals surface area (Å²) in [7, 11) is 0. The number of rotatable bonds is 3. The van der Waals surface area contributed by atoms with Gasteiger partial charge in [0.05, 0.1) is 0 Å². The number of alkyl halides is 1. The summed E-state index contributed by atoms with van der Waals surface area (Å²) in [4.78, 5) is 25.8. The Morgan fingerprint density at radius 3 is 2.37 bits per heavy atom. The van der Waals surface area contributed by atoms with E-state index in [4.69, 9.17) is 11.6 Å². The van der Waals surface area contributed by atoms with E-state index in [0.717, 1.165) is 38.5 Å². The Kier molecular flexibility index (Phi) is 4.86. The number of nitrogens with one attached hydrogen (secondary N) is 1. The first kappa shape index (κ1) is 14.4. The van der Waals surface area contributed by atoms with Gasteiger partial charge >= 0.3 is 6.03 Å². The number of nitrogens with zero attached hydrogens (tertiary/aromatic N) is 1. The van der Waals surface area contributed by atoms with E-state index in [1.54, 1.807) is 12.2 Å². The summed E-state index contributed by atoms with van der Waals surface area (Å²) in [5.41, 5.74) is -0.633. The predicted molar refractivity (Wildman–Crippen MR) is 75.2 cm³/mol. The number of imide groups is 1. The molecule has 0 aromatic heterocycles. The first-order valence-electron chi connectivity index (χ1n) is 7.05. The molecule has 0 atom stereocenters. The number of allylic oxidation sites excluding steroid dienone is 1. The van der Waals surface area contributed by atoms with Crippen LogP contribution in [-0.4, -0.2) is 34.8 Å². The van der Waals surface area contributed by atoms with Crippen LogP contribution in [0.4, 0.5) is 4.79 Å². The van der Waals surface area contributed by atoms with Crippen molar-refractivity contribution in [3.05, 3.63) is 12.2 Å². The second kappa shape index (κ2) is 6.42. The monoisotopic (exact) mass is 284 g/mol. The Labute approximate surface area is 119 Å². The molecule has 1 saturated heterocycles. The average molecular weight is 285 g/mol. The van der Waals surface area contributed by atoms with Crippen LogP contribution in [0, 0.1) is 0 Å². The van der Waals surface area contributed by atoms with Gasteiger partial charge in [0, 0.05) is 12.4 Å². The summed E-state index contributed by atoms with van der Waals surface area (Å²) >= 11 is 5.55. The Morgan fingerprint density at radius 2 is 1.74 bits per heavy atom. The molecular formula is C14H21ClN2O2. The third-order valence-electron chi connectivity index (χ3n) is 4.00. The minimum atomic E-state index is -0.633. The van der Waals surface area contributed by atoms with Crippen LogP contribution in [0.2, 0.25) is 0 Å². The lowest BCUT2D eigenvalue weighted by molar-refractivity contribution is -0.131. The molecule has 1 spiro atoms. The van der Waals surface area contributed by atoms with Gasteiger partial charge in [-0.2, -0.15) is 0 Å². The first-order chi connectivity index (χ1) is 9.19. The molecule has 4 nitrogen and oxygen atoms in total. The molecule has 106 valence electrons. The topological polar surface area (TPSA) is 49.4 Å². The maximum absolute atomic E-state index is 12.5. The predicted octanol–water partition coefficient (Wildman–Crippen LogP) is 2.82. The van der Waals surface area contributed by atoms with Crippen molar-refractivity contribution in [2.75, 3.05) is 12.4 Å². The number of carbonyl (C=O) groups excluding carboxylic acids is 2. The molecule has 19 heavy (non-hydrogen) atoms. The largest absolute Gasteiger partial charge is 0.325 e. The molecular weight excluding hydrogens is 264 g/mol. The van der Waals surface area contributed by atoms with E-state index in [1.807, 2.05) is 0 Å². The van der Waals surface area contributed by atoms with Crippen LogP contribution < -0.4 is 5.32 Å². The first-order valence-corrected chi connectivity index (χ1v) is 7.58. The van der Waals surface area contributed by atoms with Crippen molar-refractivity contribution in [3.8, 4) is 0 Å². The molecule has 0 radical (unpaired) electrons. The third-order valence-corrected chi connectivity index (χ3v) is 4.17. The second-order valence-corrected chi connectivity index (χ2v) is 5.63. The van der Waals surface area contributed by atoms with E-state index in [0.29, 0.717) is 12.4 Å². The molecule has 1 aliphatic carbocycles. The Balaban J connectivity index is 2.08. The summed E-state index contributed by atoms with van der Waals surface area (Å²) in [5.74, 6) is 0.341. The molecule has 0 bridgehead atoms. The lowest BCUT2D eigenvalue weighted by Gasteiger charge is -2.28. The van der Waals surface area contributed by atoms with Crippen molar-refractivity contribution < 1.29 is 9.59 Å². The highest BCUT2D eigenvalue weighted by molar-refractivity contribution is 6.18. The van der Waals surface area contributed by atoms with Crippen LogP contribution in [0.15, 0.2) is 12.2 Å². The minimum Gasteiger partial charge on any atom is -0.323 e. The minimum absolute atomic E-state index is 0.0568. The summed E-state index contributed by atoms with van der Waals surface area (Å²) < 4.78 is 0. The zero-order chi connectivity index (χ0) is 13.7. The smallest absolute Gasteiger partial charge is 0.323 e. The van der Waals surface area contributed by atoms with E-state index in [1.165, 1.54) is 11.3 Å². The van der Waals surface area contributed by atoms with Crippen molar-refractivity contribution in [3.63, 3.8) is 0 Å². The van der Waals surface area contributed by atoms with E-state index >= 15 is 0 Å². The van der Waals surface area contributed by atoms with E-state index < -0.39 is 5.54 Å². The summed E-state index contributed by atoms with van der Waals surface area (Å²) in [6.07, 6.45) is 10.6. The number of hydrogen-bond acceptors (Lipinski definition) is 2. The van der Waals surface area contributed by atoms with Crippen LogP contribution in [0.1, 0.15) is 44.9 Å². The van der Waals surface area contributed by atoms with Crippen LogP contribution in [0.25, 0.3) is 0 Å². The summed E-state index contributed by atoms with van der Waals surface area (Å²) in [5, 5.41) is 2.93. The van der Waals surface area contributed by atoms with E-state index in [2.05, 4.69) is 5.32 Å². The van der Waals surface area contributed by atoms with Gasteiger partial charge in [0.15, 0.2) is 0 Å². The lowest BCUT2D eigenvalue weighted by Crippen LogP contribution is -2.47. The molecule has 0 unspecified atom stereocenters. The van der Waals surface area contributed by atoms with Gasteiger partial charge in [-0.25, -0.2) is 4.79 Å². The molecule has 0 aromatic rings. The molecule has 1 N–H and O–H groups in total. The third kappa shape index (κ3) is 3.11. The number of carbonyl (C=O) groups is 2. The highest BCUT2D eigenvalue weighted by Gasteiger charge is 2.49. The lowest BCUT2D eigenvalue weighted by atomic mass is 9.84. The fraction of sp³-hybridized carbons (Fsp3) is 0.714. The van der Waals surface area contributed by atoms with Crippen LogP contribution >= 0.6 is 11.6 Å². The molecule has 0 aromatic carbocycles. The number of urea groups is 1. The zero-order valence-electron chi connectivity index (χ0n) is 11.2. The molecule has 3 amide bonds. The quantitative estimate of drug-likeness (QED) is 0.492. The number of halogens is 1. The van der Waals surface area contributed by atoms with Gasteiger partial charge in [-0.15, -0.1) is 11.6 Å². The van der Waals surface area contributed by atoms with Gasteiger partial charge in [-0.3, -0.25) is 9.69 Å².